The Kier molecular flexibility index (Phi) is 2.99. The standard InChI is InChI=1S/C16H17NO2/c18-15(19)16(8-3-9-17-16)11-12-6-7-13-4-1-2-5-14(13)10-12/h1-2,4-7,10,17H,3,8-9,11H2,(H,18,19). The Balaban J connectivity index is 1.94. The van der Waals surface area contributed by atoms with Gasteiger partial charge in [0.1, 0.15) is 5.54 Å². The van der Waals surface area contributed by atoms with Crippen molar-refractivity contribution in [2.24, 2.45) is 0 Å². The number of hydrogen-bond acceptors (Lipinski definition) is 2. The Bertz CT molecular complexity index is 615. The van der Waals surface area contributed by atoms with Gasteiger partial charge in [-0.1, -0.05) is 42.5 Å². The van der Waals surface area contributed by atoms with Gasteiger partial charge >= 0.3 is 5.97 Å². The molecule has 0 spiro atoms. The van der Waals surface area contributed by atoms with E-state index >= 15 is 0 Å². The molecule has 0 bridgehead atoms. The first-order valence-electron chi connectivity index (χ1n) is 6.66. The van der Waals surface area contributed by atoms with Crippen molar-refractivity contribution >= 4 is 16.7 Å². The normalized spacial score (nSPS) is 22.7. The highest BCUT2D eigenvalue weighted by molar-refractivity contribution is 5.84. The van der Waals surface area contributed by atoms with E-state index in [1.54, 1.807) is 0 Å². The number of carboxylic acid groups (broad SMARTS) is 1. The van der Waals surface area contributed by atoms with Gasteiger partial charge in [0, 0.05) is 6.42 Å². The summed E-state index contributed by atoms with van der Waals surface area (Å²) in [5.74, 6) is -0.738. The fourth-order valence-corrected chi connectivity index (χ4v) is 2.91. The van der Waals surface area contributed by atoms with Crippen LogP contribution in [0.2, 0.25) is 0 Å². The van der Waals surface area contributed by atoms with E-state index in [1.807, 2.05) is 18.2 Å². The molecule has 2 aromatic carbocycles. The quantitative estimate of drug-likeness (QED) is 0.886. The van der Waals surface area contributed by atoms with E-state index < -0.39 is 11.5 Å². The maximum Gasteiger partial charge on any atom is 0.324 e. The summed E-state index contributed by atoms with van der Waals surface area (Å²) in [6.07, 6.45) is 2.18. The van der Waals surface area contributed by atoms with Gasteiger partial charge in [-0.3, -0.25) is 4.79 Å². The van der Waals surface area contributed by atoms with Crippen LogP contribution in [-0.4, -0.2) is 23.2 Å². The molecule has 0 amide bonds. The summed E-state index contributed by atoms with van der Waals surface area (Å²) in [5.41, 5.74) is 0.304. The van der Waals surface area contributed by atoms with Crippen molar-refractivity contribution in [3.63, 3.8) is 0 Å². The monoisotopic (exact) mass is 255 g/mol. The highest BCUT2D eigenvalue weighted by atomic mass is 16.4. The van der Waals surface area contributed by atoms with Gasteiger partial charge in [-0.05, 0) is 35.7 Å². The number of benzene rings is 2. The molecular weight excluding hydrogens is 238 g/mol. The van der Waals surface area contributed by atoms with Crippen molar-refractivity contribution < 1.29 is 9.90 Å². The van der Waals surface area contributed by atoms with Crippen LogP contribution in [-0.2, 0) is 11.2 Å². The maximum atomic E-state index is 11.5. The van der Waals surface area contributed by atoms with Crippen molar-refractivity contribution in [2.45, 2.75) is 24.8 Å². The molecule has 3 nitrogen and oxygen atoms in total. The largest absolute Gasteiger partial charge is 0.480 e. The van der Waals surface area contributed by atoms with E-state index in [9.17, 15) is 9.90 Å². The van der Waals surface area contributed by atoms with Crippen LogP contribution in [0.3, 0.4) is 0 Å². The molecule has 1 heterocycles. The molecule has 0 radical (unpaired) electrons. The number of fused-ring (bicyclic) bond motifs is 1. The number of nitrogens with one attached hydrogen (secondary N) is 1. The summed E-state index contributed by atoms with van der Waals surface area (Å²) >= 11 is 0. The SMILES string of the molecule is O=C(O)C1(Cc2ccc3ccccc3c2)CCCN1. The zero-order chi connectivity index (χ0) is 13.3. The van der Waals surface area contributed by atoms with E-state index in [2.05, 4.69) is 29.6 Å². The zero-order valence-corrected chi connectivity index (χ0v) is 10.7. The van der Waals surface area contributed by atoms with Gasteiger partial charge in [0.05, 0.1) is 0 Å². The molecule has 19 heavy (non-hydrogen) atoms. The Morgan fingerprint density at radius 2 is 2.00 bits per heavy atom. The summed E-state index contributed by atoms with van der Waals surface area (Å²) in [6.45, 7) is 0.792. The summed E-state index contributed by atoms with van der Waals surface area (Å²) in [5, 5.41) is 15.0. The first kappa shape index (κ1) is 12.2. The Labute approximate surface area is 112 Å². The number of hydrogen-bond donors (Lipinski definition) is 2. The highest BCUT2D eigenvalue weighted by Crippen LogP contribution is 2.26. The van der Waals surface area contributed by atoms with Crippen LogP contribution in [0.1, 0.15) is 18.4 Å². The van der Waals surface area contributed by atoms with Crippen molar-refractivity contribution in [1.82, 2.24) is 5.32 Å². The second kappa shape index (κ2) is 4.67. The fourth-order valence-electron chi connectivity index (χ4n) is 2.91. The lowest BCUT2D eigenvalue weighted by molar-refractivity contribution is -0.144. The smallest absolute Gasteiger partial charge is 0.324 e. The van der Waals surface area contributed by atoms with E-state index in [1.165, 1.54) is 10.8 Å². The molecule has 2 N–H and O–H groups in total. The number of aliphatic carboxylic acids is 1. The molecule has 1 aliphatic rings. The van der Waals surface area contributed by atoms with E-state index in [4.69, 9.17) is 0 Å². The van der Waals surface area contributed by atoms with Gasteiger partial charge in [0.25, 0.3) is 0 Å². The van der Waals surface area contributed by atoms with E-state index in [0.29, 0.717) is 12.8 Å². The van der Waals surface area contributed by atoms with Gasteiger partial charge in [0.15, 0.2) is 0 Å². The van der Waals surface area contributed by atoms with Crippen LogP contribution >= 0.6 is 0 Å². The fraction of sp³-hybridized carbons (Fsp3) is 0.312. The van der Waals surface area contributed by atoms with Gasteiger partial charge in [-0.25, -0.2) is 0 Å². The predicted molar refractivity (Wildman–Crippen MR) is 75.3 cm³/mol. The molecule has 1 atom stereocenters. The summed E-state index contributed by atoms with van der Waals surface area (Å²) in [6, 6.07) is 14.3. The average Bonchev–Trinajstić information content (AvgIpc) is 2.88. The van der Waals surface area contributed by atoms with Gasteiger partial charge in [-0.15, -0.1) is 0 Å². The molecule has 2 aromatic rings. The van der Waals surface area contributed by atoms with Crippen LogP contribution in [0.25, 0.3) is 10.8 Å². The summed E-state index contributed by atoms with van der Waals surface area (Å²) < 4.78 is 0. The molecule has 3 rings (SSSR count). The van der Waals surface area contributed by atoms with E-state index in [-0.39, 0.29) is 0 Å². The second-order valence-corrected chi connectivity index (χ2v) is 5.28. The van der Waals surface area contributed by atoms with Crippen LogP contribution in [0, 0.1) is 0 Å². The highest BCUT2D eigenvalue weighted by Gasteiger charge is 2.40. The number of carbonyl (C=O) groups is 1. The lowest BCUT2D eigenvalue weighted by atomic mass is 9.88. The van der Waals surface area contributed by atoms with Crippen molar-refractivity contribution in [3.05, 3.63) is 48.0 Å². The number of rotatable bonds is 3. The minimum absolute atomic E-state index is 0.549. The predicted octanol–water partition coefficient (Wildman–Crippen LogP) is 2.59. The molecule has 0 aromatic heterocycles. The number of carboxylic acids is 1. The molecule has 1 fully saturated rings. The van der Waals surface area contributed by atoms with Gasteiger partial charge in [-0.2, -0.15) is 0 Å². The molecule has 1 aliphatic heterocycles. The molecule has 1 unspecified atom stereocenters. The first-order chi connectivity index (χ1) is 9.20. The first-order valence-corrected chi connectivity index (χ1v) is 6.66. The Morgan fingerprint density at radius 3 is 2.68 bits per heavy atom. The van der Waals surface area contributed by atoms with E-state index in [0.717, 1.165) is 18.5 Å². The van der Waals surface area contributed by atoms with Crippen LogP contribution in [0.4, 0.5) is 0 Å². The zero-order valence-electron chi connectivity index (χ0n) is 10.7. The lowest BCUT2D eigenvalue weighted by Crippen LogP contribution is -2.49. The van der Waals surface area contributed by atoms with Crippen LogP contribution in [0.5, 0.6) is 0 Å². The third-order valence-electron chi connectivity index (χ3n) is 3.97. The van der Waals surface area contributed by atoms with Gasteiger partial charge in [0.2, 0.25) is 0 Å². The van der Waals surface area contributed by atoms with Crippen molar-refractivity contribution in [1.29, 1.82) is 0 Å². The molecule has 1 saturated heterocycles. The maximum absolute atomic E-state index is 11.5. The van der Waals surface area contributed by atoms with Gasteiger partial charge < -0.3 is 10.4 Å². The van der Waals surface area contributed by atoms with Crippen LogP contribution < -0.4 is 5.32 Å². The molecule has 0 saturated carbocycles. The van der Waals surface area contributed by atoms with Crippen molar-refractivity contribution in [2.75, 3.05) is 6.54 Å². The van der Waals surface area contributed by atoms with Crippen LogP contribution in [0.15, 0.2) is 42.5 Å². The molecule has 0 aliphatic carbocycles. The molecule has 98 valence electrons. The second-order valence-electron chi connectivity index (χ2n) is 5.28. The third-order valence-corrected chi connectivity index (χ3v) is 3.97. The molecular formula is C16H17NO2. The minimum atomic E-state index is -0.775. The Morgan fingerprint density at radius 1 is 1.21 bits per heavy atom. The topological polar surface area (TPSA) is 49.3 Å². The average molecular weight is 255 g/mol. The minimum Gasteiger partial charge on any atom is -0.480 e. The van der Waals surface area contributed by atoms with Crippen molar-refractivity contribution in [3.8, 4) is 0 Å². The summed E-state index contributed by atoms with van der Waals surface area (Å²) in [7, 11) is 0. The summed E-state index contributed by atoms with van der Waals surface area (Å²) in [4.78, 5) is 11.5. The molecule has 3 heteroatoms. The Hall–Kier alpha value is -1.87. The third kappa shape index (κ3) is 2.22. The lowest BCUT2D eigenvalue weighted by Gasteiger charge is -2.24.